The molecule has 1 saturated heterocycles. The lowest BCUT2D eigenvalue weighted by Crippen LogP contribution is -2.35. The zero-order valence-corrected chi connectivity index (χ0v) is 16.4. The number of piperidine rings is 1. The van der Waals surface area contributed by atoms with Crippen LogP contribution in [0.25, 0.3) is 0 Å². The number of unbranched alkanes of at least 4 members (excludes halogenated alkanes) is 6. The molecule has 5 nitrogen and oxygen atoms in total. The molecular formula is C22H34N2O3. The van der Waals surface area contributed by atoms with Crippen molar-refractivity contribution < 1.29 is 14.8 Å². The number of hydrogen-bond donors (Lipinski definition) is 1. The van der Waals surface area contributed by atoms with Crippen molar-refractivity contribution in [2.75, 3.05) is 13.1 Å². The zero-order valence-electron chi connectivity index (χ0n) is 16.4. The molecule has 150 valence electrons. The second-order valence-corrected chi connectivity index (χ2v) is 7.38. The van der Waals surface area contributed by atoms with Gasteiger partial charge in [-0.25, -0.2) is 4.79 Å². The molecule has 1 N–H and O–H groups in total. The number of rotatable bonds is 12. The van der Waals surface area contributed by atoms with E-state index in [-0.39, 0.29) is 5.71 Å². The van der Waals surface area contributed by atoms with Gasteiger partial charge in [-0.1, -0.05) is 74.0 Å². The van der Waals surface area contributed by atoms with Crippen LogP contribution in [0, 0.1) is 0 Å². The second kappa shape index (κ2) is 13.3. The summed E-state index contributed by atoms with van der Waals surface area (Å²) in [7, 11) is 0. The summed E-state index contributed by atoms with van der Waals surface area (Å²) in [5, 5.41) is 13.9. The van der Waals surface area contributed by atoms with E-state index in [9.17, 15) is 4.79 Å². The third-order valence-corrected chi connectivity index (χ3v) is 5.11. The molecule has 1 aromatic carbocycles. The van der Waals surface area contributed by atoms with E-state index < -0.39 is 5.97 Å². The Morgan fingerprint density at radius 3 is 2.22 bits per heavy atom. The van der Waals surface area contributed by atoms with Gasteiger partial charge in [0, 0.05) is 19.5 Å². The highest BCUT2D eigenvalue weighted by Crippen LogP contribution is 2.13. The van der Waals surface area contributed by atoms with Gasteiger partial charge in [0.2, 0.25) is 0 Å². The maximum atomic E-state index is 12.0. The molecule has 0 radical (unpaired) electrons. The van der Waals surface area contributed by atoms with Crippen LogP contribution in [0.4, 0.5) is 0 Å². The van der Waals surface area contributed by atoms with E-state index in [0.29, 0.717) is 6.42 Å². The topological polar surface area (TPSA) is 62.1 Å². The quantitative estimate of drug-likeness (QED) is 0.239. The van der Waals surface area contributed by atoms with E-state index in [2.05, 4.69) is 35.5 Å². The SMILES string of the molecule is O=C(ON1CCCCC1)/C(CCCCCCCCCc1ccccc1)=N/O. The number of nitrogens with zero attached hydrogens (tertiary/aromatic N) is 2. The summed E-state index contributed by atoms with van der Waals surface area (Å²) in [6, 6.07) is 10.6. The van der Waals surface area contributed by atoms with E-state index >= 15 is 0 Å². The van der Waals surface area contributed by atoms with Crippen LogP contribution in [0.2, 0.25) is 0 Å². The van der Waals surface area contributed by atoms with Gasteiger partial charge in [0.25, 0.3) is 0 Å². The standard InChI is InChI=1S/C22H34N2O3/c25-22(27-24-18-12-7-13-19-24)21(23-26)17-11-5-3-1-2-4-8-14-20-15-9-6-10-16-20/h6,9-10,15-16,26H,1-5,7-8,11-14,17-19H2/b23-21+. The van der Waals surface area contributed by atoms with Crippen molar-refractivity contribution in [3.05, 3.63) is 35.9 Å². The third kappa shape index (κ3) is 9.05. The lowest BCUT2D eigenvalue weighted by molar-refractivity contribution is -0.185. The number of benzene rings is 1. The first-order chi connectivity index (χ1) is 13.3. The molecule has 0 saturated carbocycles. The van der Waals surface area contributed by atoms with Crippen LogP contribution in [0.15, 0.2) is 35.5 Å². The Morgan fingerprint density at radius 1 is 0.926 bits per heavy atom. The van der Waals surface area contributed by atoms with Gasteiger partial charge < -0.3 is 10.0 Å². The molecule has 0 atom stereocenters. The van der Waals surface area contributed by atoms with Crippen molar-refractivity contribution in [3.8, 4) is 0 Å². The Kier molecular flexibility index (Phi) is 10.6. The summed E-state index contributed by atoms with van der Waals surface area (Å²) >= 11 is 0. The van der Waals surface area contributed by atoms with Crippen LogP contribution in [-0.4, -0.2) is 35.0 Å². The summed E-state index contributed by atoms with van der Waals surface area (Å²) in [6.45, 7) is 1.55. The van der Waals surface area contributed by atoms with Crippen molar-refractivity contribution in [1.29, 1.82) is 0 Å². The van der Waals surface area contributed by atoms with Crippen molar-refractivity contribution in [2.45, 2.75) is 77.0 Å². The monoisotopic (exact) mass is 374 g/mol. The molecule has 1 aliphatic rings. The van der Waals surface area contributed by atoms with E-state index in [1.165, 1.54) is 37.7 Å². The number of aryl methyl sites for hydroxylation is 1. The summed E-state index contributed by atoms with van der Waals surface area (Å²) in [5.41, 5.74) is 1.56. The van der Waals surface area contributed by atoms with Crippen molar-refractivity contribution in [3.63, 3.8) is 0 Å². The average Bonchev–Trinajstić information content (AvgIpc) is 2.71. The van der Waals surface area contributed by atoms with Crippen molar-refractivity contribution >= 4 is 11.7 Å². The van der Waals surface area contributed by atoms with E-state index in [0.717, 1.165) is 51.6 Å². The molecule has 0 aromatic heterocycles. The maximum absolute atomic E-state index is 12.0. The van der Waals surface area contributed by atoms with Crippen molar-refractivity contribution in [2.24, 2.45) is 5.16 Å². The van der Waals surface area contributed by atoms with E-state index in [1.54, 1.807) is 5.06 Å². The maximum Gasteiger partial charge on any atom is 0.374 e. The molecule has 27 heavy (non-hydrogen) atoms. The molecule has 1 heterocycles. The normalized spacial score (nSPS) is 15.6. The zero-order chi connectivity index (χ0) is 19.2. The Labute approximate surface area is 163 Å². The molecule has 0 amide bonds. The Bertz CT molecular complexity index is 554. The molecule has 1 fully saturated rings. The van der Waals surface area contributed by atoms with E-state index in [1.807, 2.05) is 0 Å². The Morgan fingerprint density at radius 2 is 1.56 bits per heavy atom. The highest BCUT2D eigenvalue weighted by atomic mass is 16.7. The van der Waals surface area contributed by atoms with Crippen LogP contribution >= 0.6 is 0 Å². The Hall–Kier alpha value is -1.88. The van der Waals surface area contributed by atoms with Gasteiger partial charge in [-0.2, -0.15) is 0 Å². The average molecular weight is 375 g/mol. The highest BCUT2D eigenvalue weighted by molar-refractivity contribution is 6.36. The smallest absolute Gasteiger partial charge is 0.374 e. The van der Waals surface area contributed by atoms with Gasteiger partial charge in [0.1, 0.15) is 0 Å². The Balaban J connectivity index is 1.46. The van der Waals surface area contributed by atoms with Crippen LogP contribution in [0.5, 0.6) is 0 Å². The van der Waals surface area contributed by atoms with Crippen LogP contribution < -0.4 is 0 Å². The largest absolute Gasteiger partial charge is 0.410 e. The lowest BCUT2D eigenvalue weighted by atomic mass is 10.0. The number of oxime groups is 1. The van der Waals surface area contributed by atoms with Gasteiger partial charge in [0.05, 0.1) is 0 Å². The fourth-order valence-corrected chi connectivity index (χ4v) is 3.47. The molecule has 0 bridgehead atoms. The fraction of sp³-hybridized carbons (Fsp3) is 0.636. The molecule has 2 rings (SSSR count). The van der Waals surface area contributed by atoms with Gasteiger partial charge in [-0.15, -0.1) is 5.06 Å². The summed E-state index contributed by atoms with van der Waals surface area (Å²) < 4.78 is 0. The van der Waals surface area contributed by atoms with E-state index in [4.69, 9.17) is 10.0 Å². The molecular weight excluding hydrogens is 340 g/mol. The third-order valence-electron chi connectivity index (χ3n) is 5.11. The predicted octanol–water partition coefficient (Wildman–Crippen LogP) is 5.12. The van der Waals surface area contributed by atoms with Crippen LogP contribution in [0.3, 0.4) is 0 Å². The number of carbonyl (C=O) groups is 1. The van der Waals surface area contributed by atoms with Crippen LogP contribution in [-0.2, 0) is 16.1 Å². The molecule has 5 heteroatoms. The first-order valence-electron chi connectivity index (χ1n) is 10.5. The van der Waals surface area contributed by atoms with Gasteiger partial charge in [0.15, 0.2) is 5.71 Å². The minimum absolute atomic E-state index is 0.142. The number of hydrogen-bond acceptors (Lipinski definition) is 5. The first kappa shape index (κ1) is 21.4. The predicted molar refractivity (Wildman–Crippen MR) is 108 cm³/mol. The van der Waals surface area contributed by atoms with Crippen molar-refractivity contribution in [1.82, 2.24) is 5.06 Å². The molecule has 0 unspecified atom stereocenters. The summed E-state index contributed by atoms with van der Waals surface area (Å²) in [4.78, 5) is 17.3. The van der Waals surface area contributed by atoms with Gasteiger partial charge in [-0.05, 0) is 37.7 Å². The van der Waals surface area contributed by atoms with Crippen LogP contribution in [0.1, 0.15) is 76.2 Å². The number of carbonyl (C=O) groups excluding carboxylic acids is 1. The highest BCUT2D eigenvalue weighted by Gasteiger charge is 2.19. The summed E-state index contributed by atoms with van der Waals surface area (Å²) in [6.07, 6.45) is 13.0. The molecule has 0 aliphatic carbocycles. The fourth-order valence-electron chi connectivity index (χ4n) is 3.47. The summed E-state index contributed by atoms with van der Waals surface area (Å²) in [5.74, 6) is -0.500. The van der Waals surface area contributed by atoms with Gasteiger partial charge in [-0.3, -0.25) is 0 Å². The minimum Gasteiger partial charge on any atom is -0.410 e. The first-order valence-corrected chi connectivity index (χ1v) is 10.5. The molecule has 1 aromatic rings. The molecule has 0 spiro atoms. The second-order valence-electron chi connectivity index (χ2n) is 7.38. The number of hydroxylamine groups is 2. The minimum atomic E-state index is -0.500. The lowest BCUT2D eigenvalue weighted by Gasteiger charge is -2.24. The van der Waals surface area contributed by atoms with Gasteiger partial charge >= 0.3 is 5.97 Å². The molecule has 1 aliphatic heterocycles.